The van der Waals surface area contributed by atoms with Crippen LogP contribution < -0.4 is 4.74 Å². The molecule has 2 aromatic rings. The fraction of sp³-hybridized carbons (Fsp3) is 0.250. The van der Waals surface area contributed by atoms with Crippen LogP contribution in [0.5, 0.6) is 5.75 Å². The second-order valence-electron chi connectivity index (χ2n) is 4.73. The van der Waals surface area contributed by atoms with Gasteiger partial charge in [0.25, 0.3) is 0 Å². The van der Waals surface area contributed by atoms with Crippen molar-refractivity contribution in [1.29, 1.82) is 5.26 Å². The second-order valence-corrected chi connectivity index (χ2v) is 5.64. The van der Waals surface area contributed by atoms with Crippen molar-refractivity contribution in [3.63, 3.8) is 0 Å². The Morgan fingerprint density at radius 3 is 2.71 bits per heavy atom. The molecule has 0 fully saturated rings. The molecule has 126 valence electrons. The highest BCUT2D eigenvalue weighted by atomic mass is 79.9. The molecule has 0 radical (unpaired) electrons. The summed E-state index contributed by atoms with van der Waals surface area (Å²) in [5.74, 6) is -0.988. The summed E-state index contributed by atoms with van der Waals surface area (Å²) in [5, 5.41) is 9.50. The molecule has 1 unspecified atom stereocenters. The number of methoxy groups -OCH3 is 1. The van der Waals surface area contributed by atoms with Gasteiger partial charge < -0.3 is 9.47 Å². The average Bonchev–Trinajstić information content (AvgIpc) is 2.54. The smallest absolute Gasteiger partial charge is 0.418 e. The summed E-state index contributed by atoms with van der Waals surface area (Å²) in [5.41, 5.74) is -1.05. The molecule has 24 heavy (non-hydrogen) atoms. The summed E-state index contributed by atoms with van der Waals surface area (Å²) in [6, 6.07) is 8.72. The first-order valence-electron chi connectivity index (χ1n) is 6.71. The number of rotatable bonds is 5. The highest BCUT2D eigenvalue weighted by Gasteiger charge is 2.37. The van der Waals surface area contributed by atoms with E-state index >= 15 is 0 Å². The van der Waals surface area contributed by atoms with Crippen molar-refractivity contribution in [2.45, 2.75) is 12.1 Å². The molecule has 0 aliphatic heterocycles. The van der Waals surface area contributed by atoms with Crippen LogP contribution in [0.2, 0.25) is 0 Å². The lowest BCUT2D eigenvalue weighted by atomic mass is 9.92. The molecule has 0 spiro atoms. The number of hydrogen-bond donors (Lipinski definition) is 0. The standard InChI is InChI=1S/C16H12BrF3N2O2/c1-23-9-24-14-5-4-10(17)7-11(14)12(8-21)15-13(16(18,19)20)3-2-6-22-15/h2-7,12H,9H2,1H3. The number of nitriles is 1. The summed E-state index contributed by atoms with van der Waals surface area (Å²) in [6.45, 7) is -0.0961. The monoisotopic (exact) mass is 400 g/mol. The van der Waals surface area contributed by atoms with Gasteiger partial charge in [0.15, 0.2) is 6.79 Å². The van der Waals surface area contributed by atoms with Crippen LogP contribution in [0.25, 0.3) is 0 Å². The maximum Gasteiger partial charge on any atom is 0.418 e. The molecular formula is C16H12BrF3N2O2. The molecule has 1 aromatic heterocycles. The van der Waals surface area contributed by atoms with Gasteiger partial charge in [-0.25, -0.2) is 0 Å². The molecule has 0 saturated carbocycles. The molecule has 0 N–H and O–H groups in total. The minimum atomic E-state index is -4.61. The third kappa shape index (κ3) is 4.04. The third-order valence-corrected chi connectivity index (χ3v) is 3.65. The largest absolute Gasteiger partial charge is 0.467 e. The first-order chi connectivity index (χ1) is 11.4. The molecule has 1 atom stereocenters. The van der Waals surface area contributed by atoms with Crippen LogP contribution in [-0.2, 0) is 10.9 Å². The van der Waals surface area contributed by atoms with Gasteiger partial charge >= 0.3 is 6.18 Å². The van der Waals surface area contributed by atoms with Gasteiger partial charge in [0, 0.05) is 23.3 Å². The van der Waals surface area contributed by atoms with E-state index in [1.807, 2.05) is 6.07 Å². The van der Waals surface area contributed by atoms with E-state index in [1.165, 1.54) is 25.4 Å². The zero-order valence-corrected chi connectivity index (χ0v) is 14.1. The number of hydrogen-bond acceptors (Lipinski definition) is 4. The lowest BCUT2D eigenvalue weighted by Gasteiger charge is -2.18. The van der Waals surface area contributed by atoms with Crippen LogP contribution >= 0.6 is 15.9 Å². The van der Waals surface area contributed by atoms with Gasteiger partial charge in [0.05, 0.1) is 17.3 Å². The lowest BCUT2D eigenvalue weighted by Crippen LogP contribution is -2.15. The third-order valence-electron chi connectivity index (χ3n) is 3.16. The van der Waals surface area contributed by atoms with Gasteiger partial charge in [0.2, 0.25) is 0 Å². The number of halogens is 4. The molecule has 4 nitrogen and oxygen atoms in total. The van der Waals surface area contributed by atoms with Crippen LogP contribution in [-0.4, -0.2) is 18.9 Å². The number of benzene rings is 1. The van der Waals surface area contributed by atoms with Gasteiger partial charge in [-0.2, -0.15) is 18.4 Å². The molecule has 0 aliphatic carbocycles. The number of pyridine rings is 1. The number of alkyl halides is 3. The Morgan fingerprint density at radius 1 is 1.33 bits per heavy atom. The number of nitrogens with zero attached hydrogens (tertiary/aromatic N) is 2. The van der Waals surface area contributed by atoms with E-state index in [2.05, 4.69) is 20.9 Å². The first kappa shape index (κ1) is 18.2. The van der Waals surface area contributed by atoms with E-state index in [0.717, 1.165) is 6.07 Å². The summed E-state index contributed by atoms with van der Waals surface area (Å²) in [4.78, 5) is 3.80. The van der Waals surface area contributed by atoms with Crippen LogP contribution in [0, 0.1) is 11.3 Å². The van der Waals surface area contributed by atoms with E-state index in [1.54, 1.807) is 12.1 Å². The van der Waals surface area contributed by atoms with Crippen molar-refractivity contribution in [1.82, 2.24) is 4.98 Å². The van der Waals surface area contributed by atoms with Gasteiger partial charge in [-0.15, -0.1) is 0 Å². The van der Waals surface area contributed by atoms with Crippen LogP contribution in [0.1, 0.15) is 22.7 Å². The number of aromatic nitrogens is 1. The van der Waals surface area contributed by atoms with Crippen LogP contribution in [0.15, 0.2) is 41.0 Å². The Kier molecular flexibility index (Phi) is 5.80. The summed E-state index contributed by atoms with van der Waals surface area (Å²) >= 11 is 3.25. The first-order valence-corrected chi connectivity index (χ1v) is 7.50. The van der Waals surface area contributed by atoms with Crippen molar-refractivity contribution in [2.75, 3.05) is 13.9 Å². The predicted octanol–water partition coefficient (Wildman–Crippen LogP) is 4.50. The fourth-order valence-electron chi connectivity index (χ4n) is 2.16. The summed E-state index contributed by atoms with van der Waals surface area (Å²) < 4.78 is 50.5. The van der Waals surface area contributed by atoms with Crippen molar-refractivity contribution in [2.24, 2.45) is 0 Å². The molecule has 0 bridgehead atoms. The maximum atomic E-state index is 13.2. The Bertz CT molecular complexity index is 760. The quantitative estimate of drug-likeness (QED) is 0.693. The van der Waals surface area contributed by atoms with Crippen molar-refractivity contribution >= 4 is 15.9 Å². The number of ether oxygens (including phenoxy) is 2. The van der Waals surface area contributed by atoms with Gasteiger partial charge in [-0.3, -0.25) is 4.98 Å². The highest BCUT2D eigenvalue weighted by molar-refractivity contribution is 9.10. The molecule has 0 saturated heterocycles. The van der Waals surface area contributed by atoms with Crippen molar-refractivity contribution in [3.8, 4) is 11.8 Å². The predicted molar refractivity (Wildman–Crippen MR) is 83.3 cm³/mol. The molecule has 0 amide bonds. The van der Waals surface area contributed by atoms with Crippen LogP contribution in [0.3, 0.4) is 0 Å². The fourth-order valence-corrected chi connectivity index (χ4v) is 2.54. The van der Waals surface area contributed by atoms with Crippen LogP contribution in [0.4, 0.5) is 13.2 Å². The maximum absolute atomic E-state index is 13.2. The van der Waals surface area contributed by atoms with Gasteiger partial charge in [-0.1, -0.05) is 15.9 Å². The zero-order chi connectivity index (χ0) is 17.7. The van der Waals surface area contributed by atoms with Gasteiger partial charge in [-0.05, 0) is 30.3 Å². The van der Waals surface area contributed by atoms with E-state index in [0.29, 0.717) is 4.47 Å². The Morgan fingerprint density at radius 2 is 2.08 bits per heavy atom. The summed E-state index contributed by atoms with van der Waals surface area (Å²) in [6.07, 6.45) is -3.39. The average molecular weight is 401 g/mol. The molecule has 1 heterocycles. The van der Waals surface area contributed by atoms with E-state index < -0.39 is 17.7 Å². The SMILES string of the molecule is COCOc1ccc(Br)cc1C(C#N)c1ncccc1C(F)(F)F. The molecule has 8 heteroatoms. The Balaban J connectivity index is 2.59. The molecular weight excluding hydrogens is 389 g/mol. The van der Waals surface area contributed by atoms with E-state index in [9.17, 15) is 18.4 Å². The molecule has 0 aliphatic rings. The minimum Gasteiger partial charge on any atom is -0.467 e. The topological polar surface area (TPSA) is 55.1 Å². The Labute approximate surface area is 145 Å². The van der Waals surface area contributed by atoms with Gasteiger partial charge in [0.1, 0.15) is 11.7 Å². The Hall–Kier alpha value is -2.11. The summed E-state index contributed by atoms with van der Waals surface area (Å²) in [7, 11) is 1.42. The highest BCUT2D eigenvalue weighted by Crippen LogP contribution is 2.39. The molecule has 1 aromatic carbocycles. The second kappa shape index (κ2) is 7.64. The van der Waals surface area contributed by atoms with Crippen molar-refractivity contribution in [3.05, 3.63) is 57.8 Å². The minimum absolute atomic E-state index is 0.0961. The lowest BCUT2D eigenvalue weighted by molar-refractivity contribution is -0.138. The van der Waals surface area contributed by atoms with Crippen molar-refractivity contribution < 1.29 is 22.6 Å². The zero-order valence-electron chi connectivity index (χ0n) is 12.5. The molecule has 2 rings (SSSR count). The van der Waals surface area contributed by atoms with E-state index in [4.69, 9.17) is 9.47 Å². The normalized spacial score (nSPS) is 12.5. The van der Waals surface area contributed by atoms with E-state index in [-0.39, 0.29) is 23.8 Å².